The summed E-state index contributed by atoms with van der Waals surface area (Å²) in [6, 6.07) is 12.8. The van der Waals surface area contributed by atoms with Crippen LogP contribution in [0.5, 0.6) is 0 Å². The molecule has 2 aromatic carbocycles. The summed E-state index contributed by atoms with van der Waals surface area (Å²) in [5.74, 6) is -1.08. The maximum absolute atomic E-state index is 13.4. The minimum atomic E-state index is -0.766. The van der Waals surface area contributed by atoms with Crippen LogP contribution >= 0.6 is 0 Å². The molecular formula is C25H28FN5O4. The number of hydrogen-bond donors (Lipinski definition) is 2. The lowest BCUT2D eigenvalue weighted by molar-refractivity contribution is -0.384. The zero-order valence-electron chi connectivity index (χ0n) is 19.7. The topological polar surface area (TPSA) is 121 Å². The lowest BCUT2D eigenvalue weighted by Crippen LogP contribution is -2.45. The van der Waals surface area contributed by atoms with E-state index in [-0.39, 0.29) is 23.0 Å². The van der Waals surface area contributed by atoms with E-state index in [0.717, 1.165) is 36.9 Å². The number of H-pyrrole nitrogens is 1. The summed E-state index contributed by atoms with van der Waals surface area (Å²) in [6.07, 6.45) is 3.36. The summed E-state index contributed by atoms with van der Waals surface area (Å²) >= 11 is 0. The molecule has 3 rings (SSSR count). The molecule has 2 N–H and O–H groups in total. The molecule has 0 bridgehead atoms. The average Bonchev–Trinajstić information content (AvgIpc) is 3.32. The molecule has 1 heterocycles. The van der Waals surface area contributed by atoms with Gasteiger partial charge in [-0.25, -0.2) is 4.39 Å². The fraction of sp³-hybridized carbons (Fsp3) is 0.320. The number of likely N-dealkylation sites (N-methyl/N-ethyl adjacent to an activating group) is 1. The van der Waals surface area contributed by atoms with Crippen molar-refractivity contribution in [3.63, 3.8) is 0 Å². The number of nitro benzene ring substituents is 1. The Labute approximate surface area is 202 Å². The Hall–Kier alpha value is -4.08. The second-order valence-corrected chi connectivity index (χ2v) is 8.36. The van der Waals surface area contributed by atoms with Gasteiger partial charge in [0.2, 0.25) is 5.91 Å². The van der Waals surface area contributed by atoms with E-state index in [1.165, 1.54) is 36.4 Å². The van der Waals surface area contributed by atoms with Gasteiger partial charge in [0.25, 0.3) is 11.6 Å². The molecule has 0 spiro atoms. The van der Waals surface area contributed by atoms with E-state index in [1.807, 2.05) is 12.1 Å². The first kappa shape index (κ1) is 25.5. The highest BCUT2D eigenvalue weighted by atomic mass is 19.1. The van der Waals surface area contributed by atoms with E-state index in [1.54, 1.807) is 24.9 Å². The number of aromatic amines is 1. The van der Waals surface area contributed by atoms with Crippen LogP contribution in [0.2, 0.25) is 0 Å². The first-order chi connectivity index (χ1) is 16.7. The monoisotopic (exact) mass is 481 g/mol. The molecule has 0 saturated carbocycles. The maximum atomic E-state index is 13.4. The van der Waals surface area contributed by atoms with Crippen molar-refractivity contribution in [2.75, 3.05) is 13.6 Å². The van der Waals surface area contributed by atoms with Crippen LogP contribution in [-0.2, 0) is 11.2 Å². The van der Waals surface area contributed by atoms with Gasteiger partial charge in [-0.15, -0.1) is 0 Å². The van der Waals surface area contributed by atoms with Gasteiger partial charge in [-0.1, -0.05) is 24.6 Å². The van der Waals surface area contributed by atoms with Crippen LogP contribution in [0, 0.1) is 15.9 Å². The van der Waals surface area contributed by atoms with E-state index >= 15 is 0 Å². The van der Waals surface area contributed by atoms with Gasteiger partial charge in [-0.3, -0.25) is 24.8 Å². The van der Waals surface area contributed by atoms with E-state index in [4.69, 9.17) is 0 Å². The Bertz CT molecular complexity index is 1200. The van der Waals surface area contributed by atoms with Gasteiger partial charge >= 0.3 is 0 Å². The molecule has 0 aliphatic heterocycles. The summed E-state index contributed by atoms with van der Waals surface area (Å²) in [7, 11) is 1.68. The van der Waals surface area contributed by atoms with E-state index in [0.29, 0.717) is 12.2 Å². The van der Waals surface area contributed by atoms with Gasteiger partial charge in [-0.2, -0.15) is 5.10 Å². The number of nitro groups is 1. The van der Waals surface area contributed by atoms with Gasteiger partial charge < -0.3 is 10.2 Å². The molecule has 2 amide bonds. The number of nitrogens with one attached hydrogen (secondary N) is 2. The molecular weight excluding hydrogens is 453 g/mol. The lowest BCUT2D eigenvalue weighted by atomic mass is 10.1. The number of rotatable bonds is 11. The second kappa shape index (κ2) is 11.9. The smallest absolute Gasteiger partial charge is 0.270 e. The quantitative estimate of drug-likeness (QED) is 0.242. The summed E-state index contributed by atoms with van der Waals surface area (Å²) in [5, 5.41) is 20.7. The van der Waals surface area contributed by atoms with E-state index in [2.05, 4.69) is 15.5 Å². The number of halogens is 1. The molecule has 1 unspecified atom stereocenters. The number of carbonyl (C=O) groups is 2. The number of unbranched alkanes of at least 4 members (excludes halogenated alkanes) is 2. The van der Waals surface area contributed by atoms with Crippen LogP contribution in [0.4, 0.5) is 10.1 Å². The lowest BCUT2D eigenvalue weighted by Gasteiger charge is -2.22. The minimum absolute atomic E-state index is 0.126. The van der Waals surface area contributed by atoms with Gasteiger partial charge in [0.05, 0.1) is 10.6 Å². The number of nitrogens with zero attached hydrogens (tertiary/aromatic N) is 3. The van der Waals surface area contributed by atoms with Crippen molar-refractivity contribution < 1.29 is 18.9 Å². The molecule has 1 aromatic heterocycles. The summed E-state index contributed by atoms with van der Waals surface area (Å²) in [6.45, 7) is 2.12. The Morgan fingerprint density at radius 2 is 1.91 bits per heavy atom. The van der Waals surface area contributed by atoms with Gasteiger partial charge in [-0.05, 0) is 50.5 Å². The number of carbonyl (C=O) groups excluding carboxylic acids is 2. The van der Waals surface area contributed by atoms with Crippen molar-refractivity contribution in [1.29, 1.82) is 0 Å². The third-order valence-electron chi connectivity index (χ3n) is 5.60. The zero-order valence-corrected chi connectivity index (χ0v) is 19.7. The number of non-ortho nitro benzene ring substituents is 1. The molecule has 1 atom stereocenters. The van der Waals surface area contributed by atoms with Crippen LogP contribution in [0.1, 0.15) is 42.2 Å². The van der Waals surface area contributed by atoms with Crippen molar-refractivity contribution in [3.8, 4) is 11.3 Å². The van der Waals surface area contributed by atoms with Crippen LogP contribution in [0.25, 0.3) is 11.3 Å². The molecule has 184 valence electrons. The Morgan fingerprint density at radius 3 is 2.66 bits per heavy atom. The van der Waals surface area contributed by atoms with E-state index in [9.17, 15) is 24.1 Å². The van der Waals surface area contributed by atoms with Gasteiger partial charge in [0, 0.05) is 42.5 Å². The van der Waals surface area contributed by atoms with E-state index < -0.39 is 16.9 Å². The predicted octanol–water partition coefficient (Wildman–Crippen LogP) is 4.11. The molecule has 0 saturated heterocycles. The summed E-state index contributed by atoms with van der Waals surface area (Å²) < 4.78 is 13.4. The maximum Gasteiger partial charge on any atom is 0.270 e. The molecule has 0 aliphatic rings. The van der Waals surface area contributed by atoms with Crippen LogP contribution in [0.3, 0.4) is 0 Å². The minimum Gasteiger partial charge on any atom is -0.344 e. The number of hydrogen-bond acceptors (Lipinski definition) is 5. The van der Waals surface area contributed by atoms with Crippen LogP contribution < -0.4 is 5.32 Å². The molecule has 10 heteroatoms. The molecule has 35 heavy (non-hydrogen) atoms. The fourth-order valence-electron chi connectivity index (χ4n) is 3.67. The predicted molar refractivity (Wildman–Crippen MR) is 129 cm³/mol. The third-order valence-corrected chi connectivity index (χ3v) is 5.60. The highest BCUT2D eigenvalue weighted by molar-refractivity contribution is 5.97. The summed E-state index contributed by atoms with van der Waals surface area (Å²) in [5.41, 5.74) is 2.33. The van der Waals surface area contributed by atoms with Crippen LogP contribution in [0.15, 0.2) is 54.6 Å². The van der Waals surface area contributed by atoms with Gasteiger partial charge in [0.15, 0.2) is 0 Å². The third kappa shape index (κ3) is 7.20. The molecule has 0 radical (unpaired) electrons. The number of aryl methyl sites for hydroxylation is 1. The zero-order chi connectivity index (χ0) is 25.4. The molecule has 0 aliphatic carbocycles. The number of benzene rings is 2. The van der Waals surface area contributed by atoms with Gasteiger partial charge in [0.1, 0.15) is 11.9 Å². The van der Waals surface area contributed by atoms with Crippen molar-refractivity contribution in [1.82, 2.24) is 20.4 Å². The fourth-order valence-corrected chi connectivity index (χ4v) is 3.67. The Kier molecular flexibility index (Phi) is 8.66. The molecule has 3 aromatic rings. The highest BCUT2D eigenvalue weighted by Gasteiger charge is 2.21. The molecule has 9 nitrogen and oxygen atoms in total. The Morgan fingerprint density at radius 1 is 1.14 bits per heavy atom. The highest BCUT2D eigenvalue weighted by Crippen LogP contribution is 2.19. The van der Waals surface area contributed by atoms with Crippen molar-refractivity contribution in [2.45, 2.75) is 38.6 Å². The standard InChI is InChI=1S/C25H28FN5O4/c1-17(27-24(32)19-9-7-12-22(15-19)31(34)35)25(33)30(2)13-5-3-4-11-21-16-23(29-28-21)18-8-6-10-20(26)14-18/h6-10,12,14-17H,3-5,11,13H2,1-2H3,(H,27,32)(H,28,29). The summed E-state index contributed by atoms with van der Waals surface area (Å²) in [4.78, 5) is 36.8. The largest absolute Gasteiger partial charge is 0.344 e. The number of aromatic nitrogens is 2. The average molecular weight is 482 g/mol. The molecule has 0 fully saturated rings. The normalized spacial score (nSPS) is 11.6. The SMILES string of the molecule is CC(NC(=O)c1cccc([N+](=O)[O-])c1)C(=O)N(C)CCCCCc1cc(-c2cccc(F)c2)n[nH]1. The Balaban J connectivity index is 1.39. The van der Waals surface area contributed by atoms with Crippen molar-refractivity contribution >= 4 is 17.5 Å². The second-order valence-electron chi connectivity index (χ2n) is 8.36. The first-order valence-electron chi connectivity index (χ1n) is 11.3. The van der Waals surface area contributed by atoms with Crippen molar-refractivity contribution in [2.24, 2.45) is 0 Å². The number of amides is 2. The van der Waals surface area contributed by atoms with Crippen molar-refractivity contribution in [3.05, 3.63) is 81.8 Å². The van der Waals surface area contributed by atoms with Crippen LogP contribution in [-0.4, -0.2) is 51.5 Å². The first-order valence-corrected chi connectivity index (χ1v) is 11.3.